The molecule has 3 fully saturated rings. The molecule has 0 aromatic carbocycles. The first kappa shape index (κ1) is 18.5. The summed E-state index contributed by atoms with van der Waals surface area (Å²) in [4.78, 5) is 29.9. The number of carbonyl (C=O) groups is 1. The summed E-state index contributed by atoms with van der Waals surface area (Å²) in [6.07, 6.45) is 4.13. The third kappa shape index (κ3) is 3.37. The van der Waals surface area contributed by atoms with Gasteiger partial charge in [0.05, 0.1) is 11.9 Å². The zero-order chi connectivity index (χ0) is 20.3. The topological polar surface area (TPSA) is 87.5 Å². The molecule has 29 heavy (non-hydrogen) atoms. The molecule has 2 saturated carbocycles. The Kier molecular flexibility index (Phi) is 4.31. The number of carboxylic acids is 1. The molecule has 154 valence electrons. The molecule has 0 bridgehead atoms. The van der Waals surface area contributed by atoms with Crippen LogP contribution in [0.1, 0.15) is 42.1 Å². The maximum Gasteiger partial charge on any atom is 0.341 e. The fourth-order valence-corrected chi connectivity index (χ4v) is 4.05. The van der Waals surface area contributed by atoms with Crippen molar-refractivity contribution in [2.24, 2.45) is 5.92 Å². The van der Waals surface area contributed by atoms with Crippen molar-refractivity contribution in [1.82, 2.24) is 14.9 Å². The van der Waals surface area contributed by atoms with Crippen molar-refractivity contribution in [2.75, 3.05) is 24.5 Å². The van der Waals surface area contributed by atoms with Crippen LogP contribution < -0.4 is 15.6 Å². The Morgan fingerprint density at radius 1 is 1.28 bits per heavy atom. The number of hydrogen-bond acceptors (Lipinski definition) is 5. The average Bonchev–Trinajstić information content (AvgIpc) is 3.59. The second-order valence-electron chi connectivity index (χ2n) is 8.34. The van der Waals surface area contributed by atoms with Gasteiger partial charge in [-0.1, -0.05) is 0 Å². The first-order valence-corrected chi connectivity index (χ1v) is 10.0. The van der Waals surface area contributed by atoms with Gasteiger partial charge in [0.1, 0.15) is 17.4 Å². The minimum atomic E-state index is -1.35. The SMILES string of the molecule is O=C(O)c1cn(C2CC2)c2nc(N3CC(F)C(CNC4CC4)C3)c(F)cc2c1=O. The Hall–Kier alpha value is -2.55. The van der Waals surface area contributed by atoms with Gasteiger partial charge in [0.25, 0.3) is 0 Å². The molecule has 2 aromatic rings. The number of nitrogens with one attached hydrogen (secondary N) is 1. The van der Waals surface area contributed by atoms with Gasteiger partial charge in [-0.15, -0.1) is 0 Å². The van der Waals surface area contributed by atoms with Crippen LogP contribution >= 0.6 is 0 Å². The zero-order valence-corrected chi connectivity index (χ0v) is 15.8. The summed E-state index contributed by atoms with van der Waals surface area (Å²) in [5.41, 5.74) is -0.887. The highest BCUT2D eigenvalue weighted by atomic mass is 19.1. The number of hydrogen-bond donors (Lipinski definition) is 2. The van der Waals surface area contributed by atoms with Gasteiger partial charge in [0.2, 0.25) is 5.43 Å². The van der Waals surface area contributed by atoms with Crippen LogP contribution in [-0.4, -0.2) is 52.5 Å². The molecule has 3 aliphatic rings. The minimum absolute atomic E-state index is 0.0194. The molecule has 1 saturated heterocycles. The number of alkyl halides is 1. The molecule has 9 heteroatoms. The number of halogens is 2. The first-order valence-electron chi connectivity index (χ1n) is 10.0. The number of pyridine rings is 2. The predicted octanol–water partition coefficient (Wildman–Crippen LogP) is 2.09. The van der Waals surface area contributed by atoms with Crippen LogP contribution in [-0.2, 0) is 0 Å². The van der Waals surface area contributed by atoms with E-state index >= 15 is 0 Å². The molecule has 2 aliphatic carbocycles. The quantitative estimate of drug-likeness (QED) is 0.767. The van der Waals surface area contributed by atoms with Gasteiger partial charge in [0.15, 0.2) is 11.6 Å². The maximum absolute atomic E-state index is 14.9. The van der Waals surface area contributed by atoms with E-state index < -0.39 is 29.0 Å². The van der Waals surface area contributed by atoms with E-state index in [2.05, 4.69) is 10.3 Å². The standard InChI is InChI=1S/C20H22F2N4O3/c21-15-5-13-17(27)14(20(28)29)8-26(12-3-4-12)18(13)24-19(15)25-7-10(16(22)9-25)6-23-11-1-2-11/h5,8,10-12,16,23H,1-4,6-7,9H2,(H,28,29). The smallest absolute Gasteiger partial charge is 0.341 e. The van der Waals surface area contributed by atoms with Gasteiger partial charge in [-0.05, 0) is 31.7 Å². The third-order valence-corrected chi connectivity index (χ3v) is 6.02. The van der Waals surface area contributed by atoms with E-state index in [0.717, 1.165) is 31.7 Å². The van der Waals surface area contributed by atoms with E-state index in [9.17, 15) is 23.5 Å². The molecule has 1 aliphatic heterocycles. The van der Waals surface area contributed by atoms with Crippen molar-refractivity contribution < 1.29 is 18.7 Å². The highest BCUT2D eigenvalue weighted by molar-refractivity contribution is 5.92. The fraction of sp³-hybridized carbons (Fsp3) is 0.550. The highest BCUT2D eigenvalue weighted by Crippen LogP contribution is 2.37. The Bertz CT molecular complexity index is 1050. The van der Waals surface area contributed by atoms with Crippen LogP contribution in [0.15, 0.2) is 17.1 Å². The summed E-state index contributed by atoms with van der Waals surface area (Å²) < 4.78 is 31.0. The number of carboxylic acid groups (broad SMARTS) is 1. The summed E-state index contributed by atoms with van der Waals surface area (Å²) in [6.45, 7) is 0.941. The number of anilines is 1. The summed E-state index contributed by atoms with van der Waals surface area (Å²) >= 11 is 0. The molecule has 2 atom stereocenters. The van der Waals surface area contributed by atoms with Gasteiger partial charge in [0, 0.05) is 37.3 Å². The number of rotatable bonds is 6. The van der Waals surface area contributed by atoms with Gasteiger partial charge >= 0.3 is 5.97 Å². The van der Waals surface area contributed by atoms with Crippen molar-refractivity contribution >= 4 is 22.8 Å². The lowest BCUT2D eigenvalue weighted by atomic mass is 10.1. The molecule has 0 spiro atoms. The number of aromatic carboxylic acids is 1. The highest BCUT2D eigenvalue weighted by Gasteiger charge is 2.36. The minimum Gasteiger partial charge on any atom is -0.477 e. The van der Waals surface area contributed by atoms with Crippen LogP contribution in [0.25, 0.3) is 11.0 Å². The zero-order valence-electron chi connectivity index (χ0n) is 15.8. The van der Waals surface area contributed by atoms with E-state index in [0.29, 0.717) is 19.1 Å². The fourth-order valence-electron chi connectivity index (χ4n) is 4.05. The number of aromatic nitrogens is 2. The summed E-state index contributed by atoms with van der Waals surface area (Å²) in [5, 5.41) is 12.6. The second kappa shape index (κ2) is 6.76. The number of fused-ring (bicyclic) bond motifs is 1. The van der Waals surface area contributed by atoms with E-state index in [1.165, 1.54) is 6.20 Å². The summed E-state index contributed by atoms with van der Waals surface area (Å²) in [6, 6.07) is 1.57. The average molecular weight is 404 g/mol. The Morgan fingerprint density at radius 3 is 2.69 bits per heavy atom. The summed E-state index contributed by atoms with van der Waals surface area (Å²) in [5.74, 6) is -2.30. The van der Waals surface area contributed by atoms with Gasteiger partial charge < -0.3 is 19.9 Å². The molecule has 2 unspecified atom stereocenters. The maximum atomic E-state index is 14.9. The van der Waals surface area contributed by atoms with Gasteiger partial charge in [-0.25, -0.2) is 18.6 Å². The monoisotopic (exact) mass is 404 g/mol. The van der Waals surface area contributed by atoms with Gasteiger partial charge in [-0.3, -0.25) is 4.79 Å². The van der Waals surface area contributed by atoms with Crippen molar-refractivity contribution in [2.45, 2.75) is 43.9 Å². The largest absolute Gasteiger partial charge is 0.477 e. The van der Waals surface area contributed by atoms with Crippen molar-refractivity contribution in [3.63, 3.8) is 0 Å². The molecule has 3 heterocycles. The second-order valence-corrected chi connectivity index (χ2v) is 8.34. The number of nitrogens with zero attached hydrogens (tertiary/aromatic N) is 3. The molecule has 2 N–H and O–H groups in total. The van der Waals surface area contributed by atoms with Crippen molar-refractivity contribution in [3.05, 3.63) is 33.9 Å². The normalized spacial score (nSPS) is 24.4. The Balaban J connectivity index is 1.52. The molecular formula is C20H22F2N4O3. The van der Waals surface area contributed by atoms with E-state index in [-0.39, 0.29) is 35.4 Å². The van der Waals surface area contributed by atoms with Crippen LogP contribution in [0.4, 0.5) is 14.6 Å². The van der Waals surface area contributed by atoms with Crippen molar-refractivity contribution in [3.8, 4) is 0 Å². The Morgan fingerprint density at radius 2 is 2.03 bits per heavy atom. The third-order valence-electron chi connectivity index (χ3n) is 6.02. The van der Waals surface area contributed by atoms with E-state index in [1.54, 1.807) is 9.47 Å². The van der Waals surface area contributed by atoms with Crippen LogP contribution in [0.2, 0.25) is 0 Å². The Labute approximate surface area is 165 Å². The molecule has 2 aromatic heterocycles. The molecule has 0 radical (unpaired) electrons. The lowest BCUT2D eigenvalue weighted by Gasteiger charge is -2.20. The van der Waals surface area contributed by atoms with Crippen LogP contribution in [0.3, 0.4) is 0 Å². The van der Waals surface area contributed by atoms with Gasteiger partial charge in [-0.2, -0.15) is 0 Å². The molecule has 7 nitrogen and oxygen atoms in total. The molecule has 0 amide bonds. The first-order chi connectivity index (χ1) is 13.9. The lowest BCUT2D eigenvalue weighted by Crippen LogP contribution is -2.30. The van der Waals surface area contributed by atoms with E-state index in [4.69, 9.17) is 0 Å². The van der Waals surface area contributed by atoms with Crippen LogP contribution in [0.5, 0.6) is 0 Å². The lowest BCUT2D eigenvalue weighted by molar-refractivity contribution is 0.0695. The summed E-state index contributed by atoms with van der Waals surface area (Å²) in [7, 11) is 0. The van der Waals surface area contributed by atoms with Crippen molar-refractivity contribution in [1.29, 1.82) is 0 Å². The molecule has 5 rings (SSSR count). The predicted molar refractivity (Wildman–Crippen MR) is 103 cm³/mol. The van der Waals surface area contributed by atoms with E-state index in [1.807, 2.05) is 0 Å². The molecular weight excluding hydrogens is 382 g/mol. The van der Waals surface area contributed by atoms with Crippen LogP contribution in [0, 0.1) is 11.7 Å².